The van der Waals surface area contributed by atoms with Crippen molar-refractivity contribution in [2.24, 2.45) is 0 Å². The van der Waals surface area contributed by atoms with Gasteiger partial charge in [-0.3, -0.25) is 0 Å². The first-order chi connectivity index (χ1) is 7.27. The van der Waals surface area contributed by atoms with Crippen LogP contribution in [0.25, 0.3) is 6.08 Å². The monoisotopic (exact) mass is 202 g/mol. The Kier molecular flexibility index (Phi) is 4.17. The Bertz CT molecular complexity index is 382. The normalized spacial score (nSPS) is 12.1. The lowest BCUT2D eigenvalue weighted by molar-refractivity contribution is 0.433. The minimum Gasteiger partial charge on any atom is -0.457 e. The van der Waals surface area contributed by atoms with Crippen LogP contribution in [0.2, 0.25) is 0 Å². The highest BCUT2D eigenvalue weighted by molar-refractivity contribution is 5.62. The van der Waals surface area contributed by atoms with Crippen molar-refractivity contribution < 1.29 is 4.74 Å². The van der Waals surface area contributed by atoms with Crippen LogP contribution in [-0.2, 0) is 0 Å². The van der Waals surface area contributed by atoms with Gasteiger partial charge in [0.2, 0.25) is 0 Å². The van der Waals surface area contributed by atoms with Crippen molar-refractivity contribution in [3.8, 4) is 5.75 Å². The van der Waals surface area contributed by atoms with Crippen LogP contribution in [0.5, 0.6) is 5.75 Å². The summed E-state index contributed by atoms with van der Waals surface area (Å²) < 4.78 is 5.69. The van der Waals surface area contributed by atoms with E-state index in [1.807, 2.05) is 58.0 Å². The molecule has 1 aliphatic heterocycles. The fraction of sp³-hybridized carbons (Fsp3) is 0.286. The molecule has 1 heteroatoms. The summed E-state index contributed by atoms with van der Waals surface area (Å²) in [6.07, 6.45) is 4.10. The third kappa shape index (κ3) is 2.72. The van der Waals surface area contributed by atoms with Gasteiger partial charge in [0.25, 0.3) is 0 Å². The molecule has 0 saturated carbocycles. The third-order valence-electron chi connectivity index (χ3n) is 2.05. The molecule has 1 nitrogen and oxygen atoms in total. The van der Waals surface area contributed by atoms with Crippen LogP contribution in [-0.4, -0.2) is 0 Å². The topological polar surface area (TPSA) is 9.23 Å². The lowest BCUT2D eigenvalue weighted by Gasteiger charge is -2.15. The van der Waals surface area contributed by atoms with Crippen LogP contribution >= 0.6 is 0 Å². The highest BCUT2D eigenvalue weighted by Crippen LogP contribution is 2.27. The standard InChI is InChI=1S/C12H12O.C2H6/c1-9(2)11-8-7-10-5-3-4-6-12(10)13-11;1-2/h3-8H,1-2H3;1-2H3. The maximum atomic E-state index is 5.69. The van der Waals surface area contributed by atoms with Gasteiger partial charge < -0.3 is 4.74 Å². The minimum atomic E-state index is 0.946. The fourth-order valence-corrected chi connectivity index (χ4v) is 1.30. The first kappa shape index (κ1) is 11.6. The molecule has 2 rings (SSSR count). The molecule has 0 aliphatic carbocycles. The molecule has 1 heterocycles. The molecular weight excluding hydrogens is 184 g/mol. The molecule has 0 amide bonds. The molecule has 15 heavy (non-hydrogen) atoms. The number of allylic oxidation sites excluding steroid dienone is 2. The van der Waals surface area contributed by atoms with E-state index >= 15 is 0 Å². The van der Waals surface area contributed by atoms with Crippen LogP contribution in [0.4, 0.5) is 0 Å². The summed E-state index contributed by atoms with van der Waals surface area (Å²) in [5.74, 6) is 1.90. The van der Waals surface area contributed by atoms with E-state index < -0.39 is 0 Å². The number of rotatable bonds is 0. The Morgan fingerprint density at radius 2 is 1.67 bits per heavy atom. The van der Waals surface area contributed by atoms with Crippen LogP contribution in [0.15, 0.2) is 41.7 Å². The largest absolute Gasteiger partial charge is 0.457 e. The molecule has 0 aromatic heterocycles. The number of fused-ring (bicyclic) bond motifs is 1. The highest BCUT2D eigenvalue weighted by Gasteiger charge is 2.08. The molecule has 0 N–H and O–H groups in total. The first-order valence-electron chi connectivity index (χ1n) is 5.40. The molecule has 1 aromatic carbocycles. The molecule has 0 radical (unpaired) electrons. The van der Waals surface area contributed by atoms with Crippen molar-refractivity contribution in [3.05, 3.63) is 47.2 Å². The Morgan fingerprint density at radius 3 is 2.33 bits per heavy atom. The van der Waals surface area contributed by atoms with Gasteiger partial charge in [0, 0.05) is 5.56 Å². The Balaban J connectivity index is 0.000000531. The van der Waals surface area contributed by atoms with E-state index in [-0.39, 0.29) is 0 Å². The zero-order valence-electron chi connectivity index (χ0n) is 9.87. The van der Waals surface area contributed by atoms with Crippen molar-refractivity contribution in [1.82, 2.24) is 0 Å². The summed E-state index contributed by atoms with van der Waals surface area (Å²) in [7, 11) is 0. The van der Waals surface area contributed by atoms with Crippen molar-refractivity contribution >= 4 is 6.08 Å². The number of hydrogen-bond donors (Lipinski definition) is 0. The van der Waals surface area contributed by atoms with Crippen LogP contribution in [0.3, 0.4) is 0 Å². The van der Waals surface area contributed by atoms with Gasteiger partial charge in [-0.2, -0.15) is 0 Å². The maximum Gasteiger partial charge on any atom is 0.134 e. The van der Waals surface area contributed by atoms with E-state index in [2.05, 4.69) is 6.08 Å². The number of ether oxygens (including phenoxy) is 1. The minimum absolute atomic E-state index is 0.946. The van der Waals surface area contributed by atoms with Gasteiger partial charge in [-0.25, -0.2) is 0 Å². The van der Waals surface area contributed by atoms with E-state index in [0.717, 1.165) is 17.1 Å². The van der Waals surface area contributed by atoms with E-state index in [4.69, 9.17) is 4.74 Å². The van der Waals surface area contributed by atoms with Gasteiger partial charge in [0.1, 0.15) is 11.5 Å². The first-order valence-corrected chi connectivity index (χ1v) is 5.40. The lowest BCUT2D eigenvalue weighted by atomic mass is 10.1. The van der Waals surface area contributed by atoms with Crippen molar-refractivity contribution in [2.45, 2.75) is 27.7 Å². The SMILES string of the molecule is CC.CC(C)=C1C=Cc2ccccc2O1. The van der Waals surface area contributed by atoms with Crippen LogP contribution < -0.4 is 4.74 Å². The highest BCUT2D eigenvalue weighted by atomic mass is 16.5. The van der Waals surface area contributed by atoms with E-state index in [1.165, 1.54) is 5.57 Å². The lowest BCUT2D eigenvalue weighted by Crippen LogP contribution is -2.00. The van der Waals surface area contributed by atoms with E-state index in [9.17, 15) is 0 Å². The van der Waals surface area contributed by atoms with Gasteiger partial charge in [-0.05, 0) is 37.6 Å². The molecule has 0 fully saturated rings. The average Bonchev–Trinajstić information content (AvgIpc) is 2.31. The summed E-state index contributed by atoms with van der Waals surface area (Å²) in [6, 6.07) is 8.04. The molecule has 0 saturated heterocycles. The maximum absolute atomic E-state index is 5.69. The quantitative estimate of drug-likeness (QED) is 0.605. The summed E-state index contributed by atoms with van der Waals surface area (Å²) in [5.41, 5.74) is 2.35. The van der Waals surface area contributed by atoms with Gasteiger partial charge >= 0.3 is 0 Å². The predicted octanol–water partition coefficient (Wildman–Crippen LogP) is 4.41. The zero-order chi connectivity index (χ0) is 11.3. The fourth-order valence-electron chi connectivity index (χ4n) is 1.30. The summed E-state index contributed by atoms with van der Waals surface area (Å²) in [5, 5.41) is 0. The summed E-state index contributed by atoms with van der Waals surface area (Å²) >= 11 is 0. The molecule has 0 unspecified atom stereocenters. The molecular formula is C14H18O. The number of hydrogen-bond acceptors (Lipinski definition) is 1. The van der Waals surface area contributed by atoms with Gasteiger partial charge in [-0.1, -0.05) is 32.0 Å². The van der Waals surface area contributed by atoms with Crippen molar-refractivity contribution in [3.63, 3.8) is 0 Å². The summed E-state index contributed by atoms with van der Waals surface area (Å²) in [4.78, 5) is 0. The second-order valence-corrected chi connectivity index (χ2v) is 3.34. The molecule has 80 valence electrons. The van der Waals surface area contributed by atoms with Crippen LogP contribution in [0.1, 0.15) is 33.3 Å². The number of benzene rings is 1. The molecule has 0 atom stereocenters. The third-order valence-corrected chi connectivity index (χ3v) is 2.05. The second kappa shape index (κ2) is 5.40. The van der Waals surface area contributed by atoms with E-state index in [1.54, 1.807) is 0 Å². The Morgan fingerprint density at radius 1 is 1.00 bits per heavy atom. The second-order valence-electron chi connectivity index (χ2n) is 3.34. The van der Waals surface area contributed by atoms with Crippen molar-refractivity contribution in [2.75, 3.05) is 0 Å². The van der Waals surface area contributed by atoms with Crippen LogP contribution in [0, 0.1) is 0 Å². The van der Waals surface area contributed by atoms with Gasteiger partial charge in [-0.15, -0.1) is 0 Å². The van der Waals surface area contributed by atoms with E-state index in [0.29, 0.717) is 0 Å². The van der Waals surface area contributed by atoms with Crippen molar-refractivity contribution in [1.29, 1.82) is 0 Å². The molecule has 1 aromatic rings. The summed E-state index contributed by atoms with van der Waals surface area (Å²) in [6.45, 7) is 8.10. The molecule has 0 spiro atoms. The number of para-hydroxylation sites is 1. The molecule has 1 aliphatic rings. The van der Waals surface area contributed by atoms with Gasteiger partial charge in [0.05, 0.1) is 0 Å². The Labute approximate surface area is 92.1 Å². The molecule has 0 bridgehead atoms. The Hall–Kier alpha value is -1.50. The average molecular weight is 202 g/mol. The zero-order valence-corrected chi connectivity index (χ0v) is 9.87. The van der Waals surface area contributed by atoms with Gasteiger partial charge in [0.15, 0.2) is 0 Å². The predicted molar refractivity (Wildman–Crippen MR) is 65.8 cm³/mol. The smallest absolute Gasteiger partial charge is 0.134 e.